The van der Waals surface area contributed by atoms with Crippen LogP contribution in [0.3, 0.4) is 0 Å². The monoisotopic (exact) mass is 285 g/mol. The van der Waals surface area contributed by atoms with Crippen molar-refractivity contribution in [2.75, 3.05) is 12.9 Å². The van der Waals surface area contributed by atoms with Gasteiger partial charge in [0, 0.05) is 12.9 Å². The van der Waals surface area contributed by atoms with E-state index in [1.54, 1.807) is 11.8 Å². The summed E-state index contributed by atoms with van der Waals surface area (Å²) in [5.41, 5.74) is 0.689. The Kier molecular flexibility index (Phi) is 3.66. The lowest BCUT2D eigenvalue weighted by Crippen LogP contribution is -2.65. The number of hydrogen-bond donors (Lipinski definition) is 0. The average molecular weight is 285 g/mol. The van der Waals surface area contributed by atoms with Crippen molar-refractivity contribution in [2.45, 2.75) is 44.8 Å². The number of methoxy groups -OCH3 is 1. The lowest BCUT2D eigenvalue weighted by Gasteiger charge is -2.48. The molecule has 0 saturated carbocycles. The molecule has 0 N–H and O–H groups in total. The van der Waals surface area contributed by atoms with Crippen LogP contribution < -0.4 is 0 Å². The molecule has 2 heterocycles. The van der Waals surface area contributed by atoms with Gasteiger partial charge in [0.25, 0.3) is 5.91 Å². The lowest BCUT2D eigenvalue weighted by atomic mass is 10.1. The molecule has 2 aliphatic heterocycles. The molecule has 6 heteroatoms. The van der Waals surface area contributed by atoms with E-state index < -0.39 is 17.7 Å². The van der Waals surface area contributed by atoms with Gasteiger partial charge in [-0.1, -0.05) is 0 Å². The van der Waals surface area contributed by atoms with Gasteiger partial charge in [-0.2, -0.15) is 0 Å². The number of amides is 1. The molecular weight excluding hydrogens is 266 g/mol. The van der Waals surface area contributed by atoms with Crippen LogP contribution in [0.15, 0.2) is 11.3 Å². The molecule has 106 valence electrons. The second-order valence-corrected chi connectivity index (χ2v) is 6.80. The number of thioether (sulfide) groups is 1. The Morgan fingerprint density at radius 3 is 2.58 bits per heavy atom. The van der Waals surface area contributed by atoms with Crippen LogP contribution in [0.4, 0.5) is 0 Å². The van der Waals surface area contributed by atoms with E-state index in [1.165, 1.54) is 12.0 Å². The third-order valence-electron chi connectivity index (χ3n) is 2.96. The fourth-order valence-electron chi connectivity index (χ4n) is 2.14. The Morgan fingerprint density at radius 2 is 2.05 bits per heavy atom. The highest BCUT2D eigenvalue weighted by Gasteiger charge is 2.53. The Bertz CT molecular complexity index is 452. The number of carbonyl (C=O) groups is 2. The summed E-state index contributed by atoms with van der Waals surface area (Å²) in [6, 6.07) is 0. The van der Waals surface area contributed by atoms with Crippen molar-refractivity contribution in [3.8, 4) is 0 Å². The number of rotatable bonds is 2. The summed E-state index contributed by atoms with van der Waals surface area (Å²) >= 11 is 1.61. The van der Waals surface area contributed by atoms with Gasteiger partial charge in [-0.05, 0) is 33.3 Å². The SMILES string of the molecule is CO[C@@H]1C(=O)N2C(C(=O)OC(C)(C)C)=C(C)CSC12. The zero-order valence-electron chi connectivity index (χ0n) is 11.9. The summed E-state index contributed by atoms with van der Waals surface area (Å²) in [5, 5.41) is -0.108. The highest BCUT2D eigenvalue weighted by atomic mass is 32.2. The minimum atomic E-state index is -0.570. The number of β-lactam (4-membered cyclic amide) rings is 1. The topological polar surface area (TPSA) is 55.8 Å². The predicted molar refractivity (Wildman–Crippen MR) is 72.4 cm³/mol. The van der Waals surface area contributed by atoms with Crippen molar-refractivity contribution >= 4 is 23.6 Å². The Balaban J connectivity index is 2.23. The summed E-state index contributed by atoms with van der Waals surface area (Å²) in [6.07, 6.45) is -0.449. The third kappa shape index (κ3) is 2.51. The van der Waals surface area contributed by atoms with Gasteiger partial charge < -0.3 is 9.47 Å². The lowest BCUT2D eigenvalue weighted by molar-refractivity contribution is -0.166. The molecule has 0 spiro atoms. The molecule has 1 saturated heterocycles. The molecule has 19 heavy (non-hydrogen) atoms. The van der Waals surface area contributed by atoms with E-state index in [9.17, 15) is 9.59 Å². The van der Waals surface area contributed by atoms with Gasteiger partial charge >= 0.3 is 5.97 Å². The molecule has 0 radical (unpaired) electrons. The van der Waals surface area contributed by atoms with Crippen molar-refractivity contribution in [2.24, 2.45) is 0 Å². The number of hydrogen-bond acceptors (Lipinski definition) is 5. The minimum Gasteiger partial charge on any atom is -0.455 e. The first kappa shape index (κ1) is 14.4. The van der Waals surface area contributed by atoms with Gasteiger partial charge in [0.15, 0.2) is 6.10 Å². The first-order valence-corrected chi connectivity index (χ1v) is 7.21. The Labute approximate surface area is 117 Å². The zero-order valence-corrected chi connectivity index (χ0v) is 12.7. The molecule has 2 rings (SSSR count). The molecule has 0 aliphatic carbocycles. The van der Waals surface area contributed by atoms with Crippen LogP contribution in [-0.4, -0.2) is 46.7 Å². The number of fused-ring (bicyclic) bond motifs is 1. The van der Waals surface area contributed by atoms with E-state index >= 15 is 0 Å². The van der Waals surface area contributed by atoms with Crippen molar-refractivity contribution < 1.29 is 19.1 Å². The molecule has 2 atom stereocenters. The van der Waals surface area contributed by atoms with E-state index in [4.69, 9.17) is 9.47 Å². The number of esters is 1. The van der Waals surface area contributed by atoms with Gasteiger partial charge in [0.1, 0.15) is 16.7 Å². The molecule has 5 nitrogen and oxygen atoms in total. The Morgan fingerprint density at radius 1 is 1.42 bits per heavy atom. The van der Waals surface area contributed by atoms with E-state index in [1.807, 2.05) is 27.7 Å². The van der Waals surface area contributed by atoms with E-state index in [0.29, 0.717) is 11.4 Å². The van der Waals surface area contributed by atoms with Crippen LogP contribution in [-0.2, 0) is 19.1 Å². The summed E-state index contributed by atoms with van der Waals surface area (Å²) in [5.74, 6) is 0.112. The molecule has 0 aromatic carbocycles. The molecule has 2 aliphatic rings. The van der Waals surface area contributed by atoms with E-state index in [-0.39, 0.29) is 11.3 Å². The van der Waals surface area contributed by atoms with Gasteiger partial charge in [0.05, 0.1) is 0 Å². The van der Waals surface area contributed by atoms with Crippen molar-refractivity contribution in [3.63, 3.8) is 0 Å². The number of ether oxygens (including phenoxy) is 2. The van der Waals surface area contributed by atoms with Crippen LogP contribution >= 0.6 is 11.8 Å². The first-order valence-electron chi connectivity index (χ1n) is 6.17. The third-order valence-corrected chi connectivity index (χ3v) is 4.36. The largest absolute Gasteiger partial charge is 0.455 e. The molecule has 0 aromatic rings. The fourth-order valence-corrected chi connectivity index (χ4v) is 3.46. The van der Waals surface area contributed by atoms with Crippen molar-refractivity contribution in [3.05, 3.63) is 11.3 Å². The van der Waals surface area contributed by atoms with Gasteiger partial charge in [-0.25, -0.2) is 4.79 Å². The normalized spacial score (nSPS) is 27.0. The van der Waals surface area contributed by atoms with E-state index in [0.717, 1.165) is 5.57 Å². The van der Waals surface area contributed by atoms with Crippen molar-refractivity contribution in [1.29, 1.82) is 0 Å². The first-order chi connectivity index (χ1) is 8.76. The smallest absolute Gasteiger partial charge is 0.355 e. The predicted octanol–water partition coefficient (Wildman–Crippen LogP) is 1.53. The van der Waals surface area contributed by atoms with Crippen LogP contribution in [0.1, 0.15) is 27.7 Å². The fraction of sp³-hybridized carbons (Fsp3) is 0.692. The quantitative estimate of drug-likeness (QED) is 0.569. The standard InChI is InChI=1S/C13H19NO4S/c1-7-6-19-11-9(17-5)10(15)14(11)8(7)12(16)18-13(2,3)4/h9,11H,6H2,1-5H3/t9-,11?/m1/s1. The van der Waals surface area contributed by atoms with Crippen LogP contribution in [0.2, 0.25) is 0 Å². The highest BCUT2D eigenvalue weighted by Crippen LogP contribution is 2.41. The Hall–Kier alpha value is -1.01. The van der Waals surface area contributed by atoms with Gasteiger partial charge in [-0.3, -0.25) is 9.69 Å². The van der Waals surface area contributed by atoms with Crippen molar-refractivity contribution in [1.82, 2.24) is 4.90 Å². The second kappa shape index (κ2) is 4.83. The summed E-state index contributed by atoms with van der Waals surface area (Å²) < 4.78 is 10.5. The average Bonchev–Trinajstić information content (AvgIpc) is 2.27. The maximum atomic E-state index is 12.2. The molecule has 0 bridgehead atoms. The summed E-state index contributed by atoms with van der Waals surface area (Å²) in [7, 11) is 1.51. The van der Waals surface area contributed by atoms with Gasteiger partial charge in [-0.15, -0.1) is 11.8 Å². The molecular formula is C13H19NO4S. The number of nitrogens with zero attached hydrogens (tertiary/aromatic N) is 1. The minimum absolute atomic E-state index is 0.108. The molecule has 0 aromatic heterocycles. The van der Waals surface area contributed by atoms with E-state index in [2.05, 4.69) is 0 Å². The maximum absolute atomic E-state index is 12.2. The van der Waals surface area contributed by atoms with Crippen LogP contribution in [0.5, 0.6) is 0 Å². The summed E-state index contributed by atoms with van der Waals surface area (Å²) in [6.45, 7) is 7.29. The molecule has 1 fully saturated rings. The molecule has 1 unspecified atom stereocenters. The highest BCUT2D eigenvalue weighted by molar-refractivity contribution is 8.00. The maximum Gasteiger partial charge on any atom is 0.355 e. The zero-order chi connectivity index (χ0) is 14.4. The van der Waals surface area contributed by atoms with Gasteiger partial charge in [0.2, 0.25) is 0 Å². The second-order valence-electron chi connectivity index (χ2n) is 5.70. The van der Waals surface area contributed by atoms with Crippen LogP contribution in [0, 0.1) is 0 Å². The number of carbonyl (C=O) groups excluding carboxylic acids is 2. The van der Waals surface area contributed by atoms with Crippen LogP contribution in [0.25, 0.3) is 0 Å². The molecule has 1 amide bonds. The summed E-state index contributed by atoms with van der Waals surface area (Å²) in [4.78, 5) is 25.7.